The summed E-state index contributed by atoms with van der Waals surface area (Å²) in [4.78, 5) is 33.3. The van der Waals surface area contributed by atoms with Crippen LogP contribution in [0.15, 0.2) is 24.3 Å². The second-order valence-corrected chi connectivity index (χ2v) is 3.84. The highest BCUT2D eigenvalue weighted by Gasteiger charge is 2.17. The molecule has 0 aromatic heterocycles. The summed E-state index contributed by atoms with van der Waals surface area (Å²) in [6.07, 6.45) is 0.268. The molecule has 0 saturated heterocycles. The van der Waals surface area contributed by atoms with Crippen molar-refractivity contribution in [3.8, 4) is 0 Å². The molecule has 0 fully saturated rings. The average molecular weight is 265 g/mol. The molecular formula is C12H15N3O4. The van der Waals surface area contributed by atoms with E-state index in [2.05, 4.69) is 10.6 Å². The van der Waals surface area contributed by atoms with Crippen LogP contribution >= 0.6 is 0 Å². The number of hydrogen-bond donors (Lipinski definition) is 4. The number of carboxylic acid groups (broad SMARTS) is 1. The summed E-state index contributed by atoms with van der Waals surface area (Å²) in [6.45, 7) is 1.65. The number of urea groups is 1. The number of primary amides is 1. The van der Waals surface area contributed by atoms with Crippen LogP contribution in [0.5, 0.6) is 0 Å². The maximum atomic E-state index is 11.6. The van der Waals surface area contributed by atoms with Crippen LogP contribution in [0.4, 0.5) is 10.5 Å². The molecule has 0 radical (unpaired) electrons. The van der Waals surface area contributed by atoms with E-state index in [0.29, 0.717) is 5.69 Å². The SMILES string of the molecule is CCC(NC(=O)Nc1cccc(C(N)=O)c1)C(=O)O. The molecule has 0 aliphatic rings. The predicted molar refractivity (Wildman–Crippen MR) is 68.8 cm³/mol. The molecule has 1 atom stereocenters. The number of carboxylic acids is 1. The molecule has 0 bridgehead atoms. The van der Waals surface area contributed by atoms with Gasteiger partial charge in [0.25, 0.3) is 0 Å². The summed E-state index contributed by atoms with van der Waals surface area (Å²) in [6, 6.07) is 4.43. The van der Waals surface area contributed by atoms with Gasteiger partial charge >= 0.3 is 12.0 Å². The Morgan fingerprint density at radius 3 is 2.58 bits per heavy atom. The quantitative estimate of drug-likeness (QED) is 0.628. The second kappa shape index (κ2) is 6.39. The molecule has 0 saturated carbocycles. The second-order valence-electron chi connectivity index (χ2n) is 3.84. The van der Waals surface area contributed by atoms with Crippen LogP contribution in [0.3, 0.4) is 0 Å². The molecule has 7 nitrogen and oxygen atoms in total. The maximum absolute atomic E-state index is 11.6. The van der Waals surface area contributed by atoms with Crippen molar-refractivity contribution < 1.29 is 19.5 Å². The van der Waals surface area contributed by atoms with Crippen LogP contribution in [0.2, 0.25) is 0 Å². The first-order chi connectivity index (χ1) is 8.93. The molecule has 5 N–H and O–H groups in total. The lowest BCUT2D eigenvalue weighted by atomic mass is 10.2. The van der Waals surface area contributed by atoms with Gasteiger partial charge in [0.15, 0.2) is 0 Å². The normalized spacial score (nSPS) is 11.4. The highest BCUT2D eigenvalue weighted by atomic mass is 16.4. The Labute approximate surface area is 109 Å². The van der Waals surface area contributed by atoms with E-state index in [-0.39, 0.29) is 12.0 Å². The fraction of sp³-hybridized carbons (Fsp3) is 0.250. The number of carbonyl (C=O) groups excluding carboxylic acids is 2. The van der Waals surface area contributed by atoms with E-state index in [0.717, 1.165) is 0 Å². The van der Waals surface area contributed by atoms with Crippen molar-refractivity contribution in [2.45, 2.75) is 19.4 Å². The topological polar surface area (TPSA) is 122 Å². The number of anilines is 1. The zero-order valence-corrected chi connectivity index (χ0v) is 10.3. The summed E-state index contributed by atoms with van der Waals surface area (Å²) in [7, 11) is 0. The van der Waals surface area contributed by atoms with Gasteiger partial charge in [0.2, 0.25) is 5.91 Å². The van der Waals surface area contributed by atoms with Gasteiger partial charge < -0.3 is 21.5 Å². The van der Waals surface area contributed by atoms with Crippen molar-refractivity contribution in [2.75, 3.05) is 5.32 Å². The van der Waals surface area contributed by atoms with Crippen LogP contribution in [-0.2, 0) is 4.79 Å². The first kappa shape index (κ1) is 14.5. The lowest BCUT2D eigenvalue weighted by Gasteiger charge is -2.13. The molecule has 3 amide bonds. The standard InChI is InChI=1S/C12H15N3O4/c1-2-9(11(17)18)15-12(19)14-8-5-3-4-7(6-8)10(13)16/h3-6,9H,2H2,1H3,(H2,13,16)(H,17,18)(H2,14,15,19). The number of rotatable bonds is 5. The Morgan fingerprint density at radius 2 is 2.05 bits per heavy atom. The van der Waals surface area contributed by atoms with Crippen LogP contribution in [-0.4, -0.2) is 29.1 Å². The highest BCUT2D eigenvalue weighted by Crippen LogP contribution is 2.10. The number of benzene rings is 1. The number of amides is 3. The molecule has 0 aliphatic heterocycles. The third-order valence-corrected chi connectivity index (χ3v) is 2.42. The van der Waals surface area contributed by atoms with E-state index in [4.69, 9.17) is 10.8 Å². The Kier molecular flexibility index (Phi) is 4.87. The van der Waals surface area contributed by atoms with Gasteiger partial charge in [-0.1, -0.05) is 13.0 Å². The zero-order valence-electron chi connectivity index (χ0n) is 10.3. The minimum Gasteiger partial charge on any atom is -0.480 e. The van der Waals surface area contributed by atoms with E-state index in [1.54, 1.807) is 19.1 Å². The molecule has 0 spiro atoms. The van der Waals surface area contributed by atoms with E-state index in [1.807, 2.05) is 0 Å². The number of carbonyl (C=O) groups is 3. The third kappa shape index (κ3) is 4.30. The molecule has 1 aromatic carbocycles. The van der Waals surface area contributed by atoms with Crippen molar-refractivity contribution in [1.29, 1.82) is 0 Å². The molecule has 1 unspecified atom stereocenters. The Bertz CT molecular complexity index is 502. The van der Waals surface area contributed by atoms with Crippen LogP contribution < -0.4 is 16.4 Å². The molecule has 0 aliphatic carbocycles. The number of nitrogens with two attached hydrogens (primary N) is 1. The lowest BCUT2D eigenvalue weighted by Crippen LogP contribution is -2.42. The van der Waals surface area contributed by atoms with Gasteiger partial charge in [0, 0.05) is 11.3 Å². The highest BCUT2D eigenvalue weighted by molar-refractivity contribution is 5.96. The fourth-order valence-corrected chi connectivity index (χ4v) is 1.41. The molecular weight excluding hydrogens is 250 g/mol. The third-order valence-electron chi connectivity index (χ3n) is 2.42. The van der Waals surface area contributed by atoms with Crippen molar-refractivity contribution in [3.63, 3.8) is 0 Å². The van der Waals surface area contributed by atoms with Crippen molar-refractivity contribution >= 4 is 23.6 Å². The van der Waals surface area contributed by atoms with E-state index < -0.39 is 23.9 Å². The molecule has 0 heterocycles. The Hall–Kier alpha value is -2.57. The van der Waals surface area contributed by atoms with Crippen LogP contribution in [0, 0.1) is 0 Å². The average Bonchev–Trinajstić information content (AvgIpc) is 2.35. The number of nitrogens with one attached hydrogen (secondary N) is 2. The number of hydrogen-bond acceptors (Lipinski definition) is 3. The summed E-state index contributed by atoms with van der Waals surface area (Å²) in [5.41, 5.74) is 5.72. The fourth-order valence-electron chi connectivity index (χ4n) is 1.41. The van der Waals surface area contributed by atoms with Crippen LogP contribution in [0.1, 0.15) is 23.7 Å². The predicted octanol–water partition coefficient (Wildman–Crippen LogP) is 0.770. The number of aliphatic carboxylic acids is 1. The minimum absolute atomic E-state index is 0.253. The summed E-state index contributed by atoms with van der Waals surface area (Å²) >= 11 is 0. The molecule has 102 valence electrons. The van der Waals surface area contributed by atoms with Crippen molar-refractivity contribution in [1.82, 2.24) is 5.32 Å². The summed E-state index contributed by atoms with van der Waals surface area (Å²) < 4.78 is 0. The van der Waals surface area contributed by atoms with Gasteiger partial charge in [-0.3, -0.25) is 4.79 Å². The molecule has 7 heteroatoms. The lowest BCUT2D eigenvalue weighted by molar-refractivity contribution is -0.139. The summed E-state index contributed by atoms with van der Waals surface area (Å²) in [5.74, 6) is -1.72. The van der Waals surface area contributed by atoms with Crippen molar-refractivity contribution in [3.05, 3.63) is 29.8 Å². The van der Waals surface area contributed by atoms with Gasteiger partial charge in [-0.2, -0.15) is 0 Å². The molecule has 19 heavy (non-hydrogen) atoms. The monoisotopic (exact) mass is 265 g/mol. The van der Waals surface area contributed by atoms with Crippen LogP contribution in [0.25, 0.3) is 0 Å². The van der Waals surface area contributed by atoms with Gasteiger partial charge in [0.05, 0.1) is 0 Å². The van der Waals surface area contributed by atoms with Gasteiger partial charge in [-0.05, 0) is 24.6 Å². The van der Waals surface area contributed by atoms with Crippen molar-refractivity contribution in [2.24, 2.45) is 5.73 Å². The van der Waals surface area contributed by atoms with Gasteiger partial charge in [-0.25, -0.2) is 9.59 Å². The summed E-state index contributed by atoms with van der Waals surface area (Å²) in [5, 5.41) is 13.5. The molecule has 1 rings (SSSR count). The first-order valence-corrected chi connectivity index (χ1v) is 5.64. The van der Waals surface area contributed by atoms with Gasteiger partial charge in [-0.15, -0.1) is 0 Å². The minimum atomic E-state index is -1.11. The zero-order chi connectivity index (χ0) is 14.4. The first-order valence-electron chi connectivity index (χ1n) is 5.64. The van der Waals surface area contributed by atoms with E-state index in [9.17, 15) is 14.4 Å². The molecule has 1 aromatic rings. The Balaban J connectivity index is 2.69. The smallest absolute Gasteiger partial charge is 0.326 e. The maximum Gasteiger partial charge on any atom is 0.326 e. The largest absolute Gasteiger partial charge is 0.480 e. The van der Waals surface area contributed by atoms with E-state index in [1.165, 1.54) is 12.1 Å². The van der Waals surface area contributed by atoms with E-state index >= 15 is 0 Å². The van der Waals surface area contributed by atoms with Gasteiger partial charge in [0.1, 0.15) is 6.04 Å². The Morgan fingerprint density at radius 1 is 1.37 bits per heavy atom.